The molecule has 3 rings (SSSR count). The molecule has 0 atom stereocenters. The molecule has 0 unspecified atom stereocenters. The Balaban J connectivity index is 1.43. The summed E-state index contributed by atoms with van der Waals surface area (Å²) >= 11 is 6.60. The maximum Gasteiger partial charge on any atom is 0.337 e. The molecule has 8 nitrogen and oxygen atoms in total. The molecule has 0 radical (unpaired) electrons. The number of carboxylic acid groups (broad SMARTS) is 1. The maximum absolute atomic E-state index is 12.8. The van der Waals surface area contributed by atoms with Gasteiger partial charge in [0.25, 0.3) is 5.91 Å². The van der Waals surface area contributed by atoms with Crippen molar-refractivity contribution in [3.05, 3.63) is 70.1 Å². The molecule has 1 saturated heterocycles. The minimum Gasteiger partial charge on any atom is -0.478 e. The number of carbonyl (C=O) groups is 4. The van der Waals surface area contributed by atoms with E-state index in [1.165, 1.54) is 31.0 Å². The highest BCUT2D eigenvalue weighted by Gasteiger charge is 2.31. The summed E-state index contributed by atoms with van der Waals surface area (Å²) in [6.45, 7) is 0.464. The van der Waals surface area contributed by atoms with Crippen molar-refractivity contribution in [1.82, 2.24) is 4.90 Å². The number of nitrogens with one attached hydrogen (secondary N) is 1. The number of amides is 2. The van der Waals surface area contributed by atoms with Gasteiger partial charge in [0.1, 0.15) is 4.32 Å². The number of anilines is 1. The van der Waals surface area contributed by atoms with E-state index >= 15 is 0 Å². The number of ether oxygens (including phenoxy) is 1. The van der Waals surface area contributed by atoms with Crippen LogP contribution in [-0.4, -0.2) is 51.7 Å². The van der Waals surface area contributed by atoms with Gasteiger partial charge < -0.3 is 15.2 Å². The van der Waals surface area contributed by atoms with Gasteiger partial charge in [-0.15, -0.1) is 0 Å². The van der Waals surface area contributed by atoms with Crippen molar-refractivity contribution < 1.29 is 29.0 Å². The van der Waals surface area contributed by atoms with E-state index in [0.717, 1.165) is 12.0 Å². The molecule has 10 heteroatoms. The van der Waals surface area contributed by atoms with Crippen molar-refractivity contribution in [2.45, 2.75) is 25.7 Å². The van der Waals surface area contributed by atoms with Crippen molar-refractivity contribution in [1.29, 1.82) is 0 Å². The van der Waals surface area contributed by atoms with E-state index in [-0.39, 0.29) is 23.8 Å². The molecule has 0 spiro atoms. The highest BCUT2D eigenvalue weighted by Crippen LogP contribution is 2.32. The van der Waals surface area contributed by atoms with Crippen LogP contribution in [0.2, 0.25) is 0 Å². The predicted molar refractivity (Wildman–Crippen MR) is 138 cm³/mol. The lowest BCUT2D eigenvalue weighted by Crippen LogP contribution is -2.29. The average molecular weight is 513 g/mol. The van der Waals surface area contributed by atoms with Crippen LogP contribution in [0.15, 0.2) is 53.4 Å². The molecule has 0 saturated carbocycles. The summed E-state index contributed by atoms with van der Waals surface area (Å²) in [5, 5.41) is 11.7. The second kappa shape index (κ2) is 12.3. The SMILES string of the molecule is COC(=O)c1ccc(C=C2SC(=S)N(CCCCCC(=O)Nc3cccc(C(=O)O)c3)C2=O)cc1. The number of hydrogen-bond donors (Lipinski definition) is 2. The number of carboxylic acids is 1. The van der Waals surface area contributed by atoms with Crippen LogP contribution in [0, 0.1) is 0 Å². The molecule has 35 heavy (non-hydrogen) atoms. The van der Waals surface area contributed by atoms with Crippen LogP contribution < -0.4 is 5.32 Å². The van der Waals surface area contributed by atoms with Gasteiger partial charge in [0.15, 0.2) is 0 Å². The molecule has 1 fully saturated rings. The summed E-state index contributed by atoms with van der Waals surface area (Å²) in [6.07, 6.45) is 4.08. The third-order valence-corrected chi connectivity index (χ3v) is 6.56. The zero-order valence-electron chi connectivity index (χ0n) is 19.0. The lowest BCUT2D eigenvalue weighted by atomic mass is 10.1. The summed E-state index contributed by atoms with van der Waals surface area (Å²) in [5.74, 6) is -1.83. The molecule has 1 heterocycles. The van der Waals surface area contributed by atoms with Gasteiger partial charge in [-0.05, 0) is 54.8 Å². The van der Waals surface area contributed by atoms with Gasteiger partial charge in [0.2, 0.25) is 5.91 Å². The van der Waals surface area contributed by atoms with Crippen molar-refractivity contribution in [3.8, 4) is 0 Å². The first kappa shape index (κ1) is 26.1. The number of nitrogens with zero attached hydrogens (tertiary/aromatic N) is 1. The van der Waals surface area contributed by atoms with Crippen LogP contribution in [0.1, 0.15) is 52.0 Å². The fraction of sp³-hybridized carbons (Fsp3) is 0.240. The van der Waals surface area contributed by atoms with Gasteiger partial charge in [0.05, 0.1) is 23.1 Å². The van der Waals surface area contributed by atoms with E-state index in [1.807, 2.05) is 0 Å². The van der Waals surface area contributed by atoms with E-state index in [0.29, 0.717) is 39.9 Å². The molecule has 1 aliphatic heterocycles. The van der Waals surface area contributed by atoms with E-state index < -0.39 is 11.9 Å². The van der Waals surface area contributed by atoms with E-state index in [2.05, 4.69) is 10.1 Å². The quantitative estimate of drug-likeness (QED) is 0.206. The van der Waals surface area contributed by atoms with Gasteiger partial charge in [-0.25, -0.2) is 9.59 Å². The first-order chi connectivity index (χ1) is 16.8. The molecule has 182 valence electrons. The van der Waals surface area contributed by atoms with Gasteiger partial charge in [-0.1, -0.05) is 48.6 Å². The Morgan fingerprint density at radius 1 is 1.09 bits per heavy atom. The Morgan fingerprint density at radius 2 is 1.83 bits per heavy atom. The molecule has 2 N–H and O–H groups in total. The van der Waals surface area contributed by atoms with Crippen molar-refractivity contribution in [3.63, 3.8) is 0 Å². The van der Waals surface area contributed by atoms with E-state index in [1.54, 1.807) is 47.4 Å². The Hall–Kier alpha value is -3.50. The normalized spacial score (nSPS) is 14.3. The molecular weight excluding hydrogens is 488 g/mol. The Labute approximate surface area is 212 Å². The lowest BCUT2D eigenvalue weighted by molar-refractivity contribution is -0.122. The van der Waals surface area contributed by atoms with Crippen LogP contribution in [0.5, 0.6) is 0 Å². The van der Waals surface area contributed by atoms with Crippen LogP contribution in [-0.2, 0) is 14.3 Å². The van der Waals surface area contributed by atoms with Crippen molar-refractivity contribution >= 4 is 63.8 Å². The molecule has 2 aromatic rings. The Kier molecular flexibility index (Phi) is 9.16. The molecule has 1 aliphatic rings. The van der Waals surface area contributed by atoms with Gasteiger partial charge >= 0.3 is 11.9 Å². The fourth-order valence-electron chi connectivity index (χ4n) is 3.36. The zero-order valence-corrected chi connectivity index (χ0v) is 20.6. The second-order valence-corrected chi connectivity index (χ2v) is 9.37. The van der Waals surface area contributed by atoms with Crippen LogP contribution in [0.3, 0.4) is 0 Å². The number of esters is 1. The number of unbranched alkanes of at least 4 members (excludes halogenated alkanes) is 2. The highest BCUT2D eigenvalue weighted by atomic mass is 32.2. The molecule has 0 aromatic heterocycles. The minimum absolute atomic E-state index is 0.110. The van der Waals surface area contributed by atoms with Crippen LogP contribution >= 0.6 is 24.0 Å². The zero-order chi connectivity index (χ0) is 25.4. The Morgan fingerprint density at radius 3 is 2.51 bits per heavy atom. The topological polar surface area (TPSA) is 113 Å². The summed E-state index contributed by atoms with van der Waals surface area (Å²) < 4.78 is 5.17. The van der Waals surface area contributed by atoms with Gasteiger partial charge in [-0.3, -0.25) is 14.5 Å². The lowest BCUT2D eigenvalue weighted by Gasteiger charge is -2.14. The van der Waals surface area contributed by atoms with Gasteiger partial charge in [0, 0.05) is 18.7 Å². The second-order valence-electron chi connectivity index (χ2n) is 7.69. The molecular formula is C25H24N2O6S2. The minimum atomic E-state index is -1.05. The predicted octanol–water partition coefficient (Wildman–Crippen LogP) is 4.57. The summed E-state index contributed by atoms with van der Waals surface area (Å²) in [5.41, 5.74) is 1.76. The number of aromatic carboxylic acids is 1. The number of hydrogen-bond acceptors (Lipinski definition) is 7. The maximum atomic E-state index is 12.8. The van der Waals surface area contributed by atoms with E-state index in [9.17, 15) is 19.2 Å². The molecule has 2 amide bonds. The third-order valence-electron chi connectivity index (χ3n) is 5.18. The monoisotopic (exact) mass is 512 g/mol. The van der Waals surface area contributed by atoms with E-state index in [4.69, 9.17) is 17.3 Å². The molecule has 0 aliphatic carbocycles. The largest absolute Gasteiger partial charge is 0.478 e. The number of methoxy groups -OCH3 is 1. The molecule has 2 aromatic carbocycles. The van der Waals surface area contributed by atoms with Crippen LogP contribution in [0.25, 0.3) is 6.08 Å². The number of benzene rings is 2. The fourth-order valence-corrected chi connectivity index (χ4v) is 4.67. The first-order valence-corrected chi connectivity index (χ1v) is 12.1. The number of thiocarbonyl (C=S) groups is 1. The number of thioether (sulfide) groups is 1. The summed E-state index contributed by atoms with van der Waals surface area (Å²) in [4.78, 5) is 49.5. The summed E-state index contributed by atoms with van der Waals surface area (Å²) in [7, 11) is 1.32. The summed E-state index contributed by atoms with van der Waals surface area (Å²) in [6, 6.07) is 12.8. The number of rotatable bonds is 10. The highest BCUT2D eigenvalue weighted by molar-refractivity contribution is 8.26. The van der Waals surface area contributed by atoms with Crippen molar-refractivity contribution in [2.75, 3.05) is 19.0 Å². The van der Waals surface area contributed by atoms with Crippen LogP contribution in [0.4, 0.5) is 5.69 Å². The third kappa shape index (κ3) is 7.24. The van der Waals surface area contributed by atoms with Crippen molar-refractivity contribution in [2.24, 2.45) is 0 Å². The molecule has 0 bridgehead atoms. The smallest absolute Gasteiger partial charge is 0.337 e. The standard InChI is InChI=1S/C25H24N2O6S2/c1-33-24(32)17-11-9-16(10-12-17)14-20-22(29)27(25(34)35-20)13-4-2-3-8-21(28)26-19-7-5-6-18(15-19)23(30)31/h5-7,9-12,14-15H,2-4,8,13H2,1H3,(H,26,28)(H,30,31). The first-order valence-electron chi connectivity index (χ1n) is 10.9. The Bertz CT molecular complexity index is 1180. The average Bonchev–Trinajstić information content (AvgIpc) is 3.11. The van der Waals surface area contributed by atoms with Gasteiger partial charge in [-0.2, -0.15) is 0 Å². The number of carbonyl (C=O) groups excluding carboxylic acids is 3.